The van der Waals surface area contributed by atoms with Gasteiger partial charge in [-0.3, -0.25) is 4.79 Å². The highest BCUT2D eigenvalue weighted by molar-refractivity contribution is 7.80. The highest BCUT2D eigenvalue weighted by atomic mass is 32.1. The van der Waals surface area contributed by atoms with Crippen LogP contribution in [0.2, 0.25) is 0 Å². The lowest BCUT2D eigenvalue weighted by Crippen LogP contribution is -2.13. The number of carbonyl (C=O) groups is 1. The Morgan fingerprint density at radius 3 is 2.85 bits per heavy atom. The Morgan fingerprint density at radius 1 is 1.35 bits per heavy atom. The molecule has 0 unspecified atom stereocenters. The molecule has 7 heteroatoms. The third-order valence-electron chi connectivity index (χ3n) is 2.87. The SMILES string of the molecule is CCCCCC(=O)Nc1ccccc1-n1nnnc1S. The van der Waals surface area contributed by atoms with E-state index in [9.17, 15) is 4.79 Å². The van der Waals surface area contributed by atoms with Crippen molar-refractivity contribution in [3.8, 4) is 5.69 Å². The summed E-state index contributed by atoms with van der Waals surface area (Å²) in [4.78, 5) is 11.9. The van der Waals surface area contributed by atoms with Crippen LogP contribution in [0.25, 0.3) is 5.69 Å². The Bertz CT molecular complexity index is 584. The molecular formula is C13H17N5OS. The van der Waals surface area contributed by atoms with Crippen molar-refractivity contribution in [1.29, 1.82) is 0 Å². The predicted octanol–water partition coefficient (Wildman–Crippen LogP) is 2.47. The van der Waals surface area contributed by atoms with Gasteiger partial charge in [0.15, 0.2) is 0 Å². The maximum Gasteiger partial charge on any atom is 0.224 e. The minimum absolute atomic E-state index is 0.000288. The maximum absolute atomic E-state index is 11.9. The van der Waals surface area contributed by atoms with Crippen molar-refractivity contribution >= 4 is 24.2 Å². The number of amides is 1. The Morgan fingerprint density at radius 2 is 2.15 bits per heavy atom. The molecule has 1 heterocycles. The number of nitrogens with one attached hydrogen (secondary N) is 1. The third kappa shape index (κ3) is 3.57. The number of unbranched alkanes of at least 4 members (excludes halogenated alkanes) is 2. The number of tetrazole rings is 1. The summed E-state index contributed by atoms with van der Waals surface area (Å²) in [6, 6.07) is 7.37. The Balaban J connectivity index is 2.13. The van der Waals surface area contributed by atoms with Crippen molar-refractivity contribution in [2.45, 2.75) is 37.8 Å². The highest BCUT2D eigenvalue weighted by Crippen LogP contribution is 2.21. The topological polar surface area (TPSA) is 72.7 Å². The van der Waals surface area contributed by atoms with Gasteiger partial charge in [0.05, 0.1) is 11.4 Å². The van der Waals surface area contributed by atoms with Crippen LogP contribution in [0.15, 0.2) is 29.4 Å². The number of thiol groups is 1. The molecule has 0 saturated heterocycles. The molecule has 0 saturated carbocycles. The van der Waals surface area contributed by atoms with Gasteiger partial charge in [-0.2, -0.15) is 4.68 Å². The van der Waals surface area contributed by atoms with Crippen LogP contribution in [-0.4, -0.2) is 26.1 Å². The molecule has 1 aromatic heterocycles. The van der Waals surface area contributed by atoms with E-state index in [-0.39, 0.29) is 5.91 Å². The van der Waals surface area contributed by atoms with Crippen molar-refractivity contribution in [3.63, 3.8) is 0 Å². The number of para-hydroxylation sites is 2. The van der Waals surface area contributed by atoms with Crippen LogP contribution in [0.5, 0.6) is 0 Å². The Labute approximate surface area is 123 Å². The van der Waals surface area contributed by atoms with Crippen LogP contribution in [0.3, 0.4) is 0 Å². The van der Waals surface area contributed by atoms with Gasteiger partial charge >= 0.3 is 0 Å². The van der Waals surface area contributed by atoms with Gasteiger partial charge in [-0.05, 0) is 29.0 Å². The average Bonchev–Trinajstić information content (AvgIpc) is 2.86. The number of anilines is 1. The summed E-state index contributed by atoms with van der Waals surface area (Å²) >= 11 is 4.18. The number of rotatable bonds is 6. The fraction of sp³-hybridized carbons (Fsp3) is 0.385. The summed E-state index contributed by atoms with van der Waals surface area (Å²) in [6.45, 7) is 2.11. The highest BCUT2D eigenvalue weighted by Gasteiger charge is 2.11. The van der Waals surface area contributed by atoms with Gasteiger partial charge in [-0.25, -0.2) is 0 Å². The van der Waals surface area contributed by atoms with Gasteiger partial charge in [0.2, 0.25) is 11.1 Å². The fourth-order valence-electron chi connectivity index (χ4n) is 1.85. The molecule has 106 valence electrons. The van der Waals surface area contributed by atoms with E-state index in [0.29, 0.717) is 23.0 Å². The third-order valence-corrected chi connectivity index (χ3v) is 3.15. The first kappa shape index (κ1) is 14.5. The van der Waals surface area contributed by atoms with Crippen molar-refractivity contribution in [1.82, 2.24) is 20.2 Å². The molecular weight excluding hydrogens is 274 g/mol. The molecule has 2 rings (SSSR count). The van der Waals surface area contributed by atoms with Gasteiger partial charge in [0, 0.05) is 6.42 Å². The van der Waals surface area contributed by atoms with E-state index < -0.39 is 0 Å². The van der Waals surface area contributed by atoms with E-state index in [1.807, 2.05) is 24.3 Å². The summed E-state index contributed by atoms with van der Waals surface area (Å²) in [5, 5.41) is 14.4. The van der Waals surface area contributed by atoms with Crippen LogP contribution in [0.1, 0.15) is 32.6 Å². The van der Waals surface area contributed by atoms with Gasteiger partial charge < -0.3 is 5.32 Å². The molecule has 1 aromatic carbocycles. The standard InChI is InChI=1S/C13H17N5OS/c1-2-3-4-9-12(19)14-10-7-5-6-8-11(10)18-13(20)15-16-17-18/h5-8H,2-4,9H2,1H3,(H,14,19)(H,15,17,20). The van der Waals surface area contributed by atoms with E-state index in [1.165, 1.54) is 4.68 Å². The molecule has 0 spiro atoms. The second kappa shape index (κ2) is 7.04. The zero-order chi connectivity index (χ0) is 14.4. The van der Waals surface area contributed by atoms with Crippen molar-refractivity contribution in [2.75, 3.05) is 5.32 Å². The summed E-state index contributed by atoms with van der Waals surface area (Å²) in [5.74, 6) is -0.000288. The van der Waals surface area contributed by atoms with Gasteiger partial charge in [0.1, 0.15) is 0 Å². The molecule has 0 bridgehead atoms. The molecule has 0 aliphatic heterocycles. The number of benzene rings is 1. The second-order valence-electron chi connectivity index (χ2n) is 4.41. The van der Waals surface area contributed by atoms with E-state index in [0.717, 1.165) is 19.3 Å². The smallest absolute Gasteiger partial charge is 0.224 e. The van der Waals surface area contributed by atoms with E-state index in [1.54, 1.807) is 0 Å². The van der Waals surface area contributed by atoms with Gasteiger partial charge in [-0.15, -0.1) is 17.7 Å². The average molecular weight is 291 g/mol. The first-order chi connectivity index (χ1) is 9.72. The lowest BCUT2D eigenvalue weighted by atomic mass is 10.2. The number of aromatic nitrogens is 4. The largest absolute Gasteiger partial charge is 0.324 e. The van der Waals surface area contributed by atoms with Gasteiger partial charge in [-0.1, -0.05) is 31.9 Å². The van der Waals surface area contributed by atoms with Crippen LogP contribution >= 0.6 is 12.6 Å². The summed E-state index contributed by atoms with van der Waals surface area (Å²) in [7, 11) is 0. The monoisotopic (exact) mass is 291 g/mol. The molecule has 0 radical (unpaired) electrons. The lowest BCUT2D eigenvalue weighted by molar-refractivity contribution is -0.116. The Hall–Kier alpha value is -1.89. The molecule has 0 aliphatic carbocycles. The fourth-order valence-corrected chi connectivity index (χ4v) is 2.04. The molecule has 0 atom stereocenters. The molecule has 20 heavy (non-hydrogen) atoms. The quantitative estimate of drug-likeness (QED) is 0.633. The van der Waals surface area contributed by atoms with E-state index in [2.05, 4.69) is 40.4 Å². The van der Waals surface area contributed by atoms with E-state index >= 15 is 0 Å². The number of nitrogens with zero attached hydrogens (tertiary/aromatic N) is 4. The second-order valence-corrected chi connectivity index (χ2v) is 4.81. The summed E-state index contributed by atoms with van der Waals surface area (Å²) in [6.07, 6.45) is 3.57. The zero-order valence-corrected chi connectivity index (χ0v) is 12.2. The first-order valence-corrected chi connectivity index (χ1v) is 7.03. The lowest BCUT2D eigenvalue weighted by Gasteiger charge is -2.10. The van der Waals surface area contributed by atoms with Crippen LogP contribution in [0.4, 0.5) is 5.69 Å². The van der Waals surface area contributed by atoms with Crippen molar-refractivity contribution in [2.24, 2.45) is 0 Å². The van der Waals surface area contributed by atoms with Crippen molar-refractivity contribution < 1.29 is 4.79 Å². The molecule has 1 amide bonds. The summed E-state index contributed by atoms with van der Waals surface area (Å²) in [5.41, 5.74) is 1.38. The molecule has 0 aliphatic rings. The van der Waals surface area contributed by atoms with Crippen LogP contribution < -0.4 is 5.32 Å². The zero-order valence-electron chi connectivity index (χ0n) is 11.3. The van der Waals surface area contributed by atoms with Gasteiger partial charge in [0.25, 0.3) is 0 Å². The maximum atomic E-state index is 11.9. The number of carbonyl (C=O) groups excluding carboxylic acids is 1. The molecule has 0 fully saturated rings. The van der Waals surface area contributed by atoms with E-state index in [4.69, 9.17) is 0 Å². The van der Waals surface area contributed by atoms with Crippen LogP contribution in [0, 0.1) is 0 Å². The van der Waals surface area contributed by atoms with Crippen molar-refractivity contribution in [3.05, 3.63) is 24.3 Å². The summed E-state index contributed by atoms with van der Waals surface area (Å²) < 4.78 is 1.48. The molecule has 2 aromatic rings. The Kier molecular flexibility index (Phi) is 5.11. The number of hydrogen-bond acceptors (Lipinski definition) is 5. The molecule has 1 N–H and O–H groups in total. The number of hydrogen-bond donors (Lipinski definition) is 2. The minimum atomic E-state index is -0.000288. The first-order valence-electron chi connectivity index (χ1n) is 6.59. The minimum Gasteiger partial charge on any atom is -0.324 e. The van der Waals surface area contributed by atoms with Crippen LogP contribution in [-0.2, 0) is 4.79 Å². The normalized spacial score (nSPS) is 10.5. The predicted molar refractivity (Wildman–Crippen MR) is 79.2 cm³/mol. The molecule has 6 nitrogen and oxygen atoms in total.